The highest BCUT2D eigenvalue weighted by Crippen LogP contribution is 2.63. The van der Waals surface area contributed by atoms with Gasteiger partial charge in [0.15, 0.2) is 0 Å². The van der Waals surface area contributed by atoms with Crippen molar-refractivity contribution in [2.75, 3.05) is 4.90 Å². The summed E-state index contributed by atoms with van der Waals surface area (Å²) in [6.07, 6.45) is 0. The van der Waals surface area contributed by atoms with E-state index < -0.39 is 5.41 Å². The molecule has 3 aliphatic rings. The summed E-state index contributed by atoms with van der Waals surface area (Å²) in [5, 5.41) is 5.00. The summed E-state index contributed by atoms with van der Waals surface area (Å²) < 4.78 is 0. The van der Waals surface area contributed by atoms with Gasteiger partial charge < -0.3 is 4.90 Å². The smallest absolute Gasteiger partial charge is 0.0726 e. The second-order valence-electron chi connectivity index (χ2n) is 17.6. The molecule has 296 valence electrons. The van der Waals surface area contributed by atoms with Crippen molar-refractivity contribution < 1.29 is 0 Å². The molecule has 0 N–H and O–H groups in total. The normalized spacial score (nSPS) is 13.1. The van der Waals surface area contributed by atoms with Gasteiger partial charge in [-0.05, 0) is 166 Å². The first-order valence-electron chi connectivity index (χ1n) is 22.3. The van der Waals surface area contributed by atoms with E-state index in [2.05, 4.69) is 241 Å². The highest BCUT2D eigenvalue weighted by Gasteiger charge is 2.51. The minimum atomic E-state index is -0.438. The maximum atomic E-state index is 2.51. The summed E-state index contributed by atoms with van der Waals surface area (Å²) in [7, 11) is 0. The molecule has 11 aromatic rings. The van der Waals surface area contributed by atoms with Gasteiger partial charge in [-0.15, -0.1) is 0 Å². The molecule has 0 aliphatic heterocycles. The highest BCUT2D eigenvalue weighted by atomic mass is 15.1. The average Bonchev–Trinajstić information content (AvgIpc) is 3.83. The fourth-order valence-corrected chi connectivity index (χ4v) is 11.5. The van der Waals surface area contributed by atoms with Crippen molar-refractivity contribution >= 4 is 38.6 Å². The summed E-state index contributed by atoms with van der Waals surface area (Å²) >= 11 is 0. The lowest BCUT2D eigenvalue weighted by Crippen LogP contribution is -2.26. The molecule has 0 aromatic heterocycles. The Labute approximate surface area is 372 Å². The van der Waals surface area contributed by atoms with Gasteiger partial charge in [0, 0.05) is 16.8 Å². The minimum absolute atomic E-state index is 0.438. The van der Waals surface area contributed by atoms with Crippen LogP contribution in [0, 0.1) is 0 Å². The van der Waals surface area contributed by atoms with E-state index in [1.807, 2.05) is 0 Å². The fraction of sp³-hybridized carbons (Fsp3) is 0.0159. The second-order valence-corrected chi connectivity index (χ2v) is 17.6. The molecule has 0 bridgehead atoms. The van der Waals surface area contributed by atoms with Gasteiger partial charge >= 0.3 is 0 Å². The summed E-state index contributed by atoms with van der Waals surface area (Å²) in [4.78, 5) is 2.50. The van der Waals surface area contributed by atoms with Gasteiger partial charge in [-0.1, -0.05) is 176 Å². The van der Waals surface area contributed by atoms with E-state index in [0.717, 1.165) is 17.1 Å². The Balaban J connectivity index is 0.976. The van der Waals surface area contributed by atoms with Gasteiger partial charge in [0.25, 0.3) is 0 Å². The molecule has 0 heterocycles. The second kappa shape index (κ2) is 13.4. The largest absolute Gasteiger partial charge is 0.310 e. The number of anilines is 3. The van der Waals surface area contributed by atoms with Crippen LogP contribution in [0.3, 0.4) is 0 Å². The molecule has 11 aromatic carbocycles. The Morgan fingerprint density at radius 1 is 0.250 bits per heavy atom. The first-order valence-corrected chi connectivity index (χ1v) is 22.3. The number of benzene rings is 11. The molecule has 0 radical (unpaired) electrons. The number of hydrogen-bond acceptors (Lipinski definition) is 1. The first kappa shape index (κ1) is 35.3. The Hall–Kier alpha value is -8.26. The summed E-state index contributed by atoms with van der Waals surface area (Å²) in [6.45, 7) is 0. The molecule has 0 amide bonds. The molecular formula is C63H39N. The van der Waals surface area contributed by atoms with E-state index >= 15 is 0 Å². The van der Waals surface area contributed by atoms with Crippen molar-refractivity contribution in [3.63, 3.8) is 0 Å². The highest BCUT2D eigenvalue weighted by molar-refractivity contribution is 6.14. The van der Waals surface area contributed by atoms with Crippen molar-refractivity contribution in [3.05, 3.63) is 259 Å². The van der Waals surface area contributed by atoms with Crippen LogP contribution in [0.25, 0.3) is 88.3 Å². The van der Waals surface area contributed by atoms with Gasteiger partial charge in [0.05, 0.1) is 11.1 Å². The van der Waals surface area contributed by atoms with E-state index in [1.165, 1.54) is 111 Å². The number of hydrogen-bond donors (Lipinski definition) is 0. The van der Waals surface area contributed by atoms with E-state index in [0.29, 0.717) is 0 Å². The van der Waals surface area contributed by atoms with Crippen LogP contribution in [-0.2, 0) is 5.41 Å². The minimum Gasteiger partial charge on any atom is -0.310 e. The van der Waals surface area contributed by atoms with Crippen LogP contribution < -0.4 is 4.90 Å². The molecule has 1 heteroatoms. The third-order valence-corrected chi connectivity index (χ3v) is 14.4. The van der Waals surface area contributed by atoms with Crippen molar-refractivity contribution in [2.45, 2.75) is 5.41 Å². The quantitative estimate of drug-likeness (QED) is 0.167. The Bertz CT molecular complexity index is 3650. The monoisotopic (exact) mass is 809 g/mol. The van der Waals surface area contributed by atoms with Crippen LogP contribution in [0.15, 0.2) is 237 Å². The van der Waals surface area contributed by atoms with Gasteiger partial charge in [0.2, 0.25) is 0 Å². The molecule has 0 unspecified atom stereocenters. The average molecular weight is 810 g/mol. The summed E-state index contributed by atoms with van der Waals surface area (Å²) in [5.74, 6) is 0. The Kier molecular flexibility index (Phi) is 7.38. The maximum Gasteiger partial charge on any atom is 0.0726 e. The molecule has 64 heavy (non-hydrogen) atoms. The number of rotatable bonds is 5. The molecule has 3 aliphatic carbocycles. The Morgan fingerprint density at radius 2 is 0.734 bits per heavy atom. The zero-order valence-electron chi connectivity index (χ0n) is 35.0. The third-order valence-electron chi connectivity index (χ3n) is 14.4. The van der Waals surface area contributed by atoms with E-state index in [-0.39, 0.29) is 0 Å². The molecule has 1 nitrogen and oxygen atoms in total. The number of nitrogens with zero attached hydrogens (tertiary/aromatic N) is 1. The predicted molar refractivity (Wildman–Crippen MR) is 268 cm³/mol. The maximum absolute atomic E-state index is 2.51. The van der Waals surface area contributed by atoms with Crippen molar-refractivity contribution in [1.82, 2.24) is 0 Å². The molecule has 0 saturated heterocycles. The molecule has 0 fully saturated rings. The van der Waals surface area contributed by atoms with Crippen molar-refractivity contribution in [1.29, 1.82) is 0 Å². The van der Waals surface area contributed by atoms with Crippen LogP contribution >= 0.6 is 0 Å². The standard InChI is InChI=1S/C63H39N/c1-3-14-40(15-4-1)42-28-30-47(31-29-42)64(48-32-33-52-51-21-9-12-24-60(51)63(61(52)38-48)58-22-10-7-19-49(58)50-20-8-11-23-59(50)63)62-25-13-18-45-36-55-54-35-44-27-26-43(41-16-5-2-6-17-41)34-46(44)37-56(54)57(55)39-53(45)62/h1-39H. The zero-order valence-corrected chi connectivity index (χ0v) is 35.0. The van der Waals surface area contributed by atoms with Crippen molar-refractivity contribution in [3.8, 4) is 66.8 Å². The SMILES string of the molecule is c1ccc(-c2ccc(N(c3ccc4c(c3)C3(c5ccccc5-c5ccccc53)c3ccccc3-4)c3cccc4cc5c(cc34)-c3cc4cc(-c6ccccc6)ccc4cc3-5)cc2)cc1. The van der Waals surface area contributed by atoms with Crippen molar-refractivity contribution in [2.24, 2.45) is 0 Å². The topological polar surface area (TPSA) is 3.24 Å². The van der Waals surface area contributed by atoms with E-state index in [1.54, 1.807) is 0 Å². The van der Waals surface area contributed by atoms with E-state index in [4.69, 9.17) is 0 Å². The molecule has 0 saturated carbocycles. The lowest BCUT2D eigenvalue weighted by Gasteiger charge is -2.33. The van der Waals surface area contributed by atoms with Gasteiger partial charge in [0.1, 0.15) is 0 Å². The summed E-state index contributed by atoms with van der Waals surface area (Å²) in [6, 6.07) is 88.3. The van der Waals surface area contributed by atoms with Gasteiger partial charge in [-0.25, -0.2) is 0 Å². The van der Waals surface area contributed by atoms with Crippen LogP contribution in [-0.4, -0.2) is 0 Å². The third kappa shape index (κ3) is 4.90. The molecule has 1 spiro atoms. The van der Waals surface area contributed by atoms with Gasteiger partial charge in [-0.2, -0.15) is 0 Å². The first-order chi connectivity index (χ1) is 31.7. The number of fused-ring (bicyclic) bond motifs is 16. The summed E-state index contributed by atoms with van der Waals surface area (Å²) in [5.41, 5.74) is 23.8. The van der Waals surface area contributed by atoms with Crippen LogP contribution in [0.1, 0.15) is 22.3 Å². The van der Waals surface area contributed by atoms with Crippen LogP contribution in [0.2, 0.25) is 0 Å². The van der Waals surface area contributed by atoms with Gasteiger partial charge in [-0.3, -0.25) is 0 Å². The molecule has 14 rings (SSSR count). The van der Waals surface area contributed by atoms with Crippen LogP contribution in [0.5, 0.6) is 0 Å². The Morgan fingerprint density at radius 3 is 1.38 bits per heavy atom. The predicted octanol–water partition coefficient (Wildman–Crippen LogP) is 16.8. The fourth-order valence-electron chi connectivity index (χ4n) is 11.5. The van der Waals surface area contributed by atoms with Crippen LogP contribution in [0.4, 0.5) is 17.1 Å². The lowest BCUT2D eigenvalue weighted by atomic mass is 9.70. The molecule has 0 atom stereocenters. The molecular weight excluding hydrogens is 771 g/mol. The lowest BCUT2D eigenvalue weighted by molar-refractivity contribution is 0.793. The zero-order chi connectivity index (χ0) is 41.9. The van der Waals surface area contributed by atoms with E-state index in [9.17, 15) is 0 Å².